The highest BCUT2D eigenvalue weighted by Crippen LogP contribution is 2.32. The maximum absolute atomic E-state index is 13.0. The maximum Gasteiger partial charge on any atom is 0.251 e. The van der Waals surface area contributed by atoms with E-state index in [9.17, 15) is 4.79 Å². The molecule has 0 spiro atoms. The van der Waals surface area contributed by atoms with Gasteiger partial charge in [-0.1, -0.05) is 54.6 Å². The first-order chi connectivity index (χ1) is 16.0. The molecule has 5 heteroatoms. The molecule has 3 aromatic carbocycles. The van der Waals surface area contributed by atoms with Crippen LogP contribution in [-0.2, 0) is 17.8 Å². The zero-order chi connectivity index (χ0) is 22.8. The van der Waals surface area contributed by atoms with Crippen molar-refractivity contribution in [2.45, 2.75) is 36.3 Å². The number of hydrogen-bond donors (Lipinski definition) is 1. The molecule has 2 unspecified atom stereocenters. The van der Waals surface area contributed by atoms with Gasteiger partial charge in [0.25, 0.3) is 5.91 Å². The maximum atomic E-state index is 13.0. The monoisotopic (exact) mass is 676 g/mol. The number of benzene rings is 3. The number of amides is 1. The molecule has 1 saturated heterocycles. The predicted octanol–water partition coefficient (Wildman–Crippen LogP) is 3.83. The molecule has 0 bridgehead atoms. The second-order valence-corrected chi connectivity index (χ2v) is 11.0. The number of carbonyl (C=O) groups is 1. The van der Waals surface area contributed by atoms with Gasteiger partial charge in [-0.15, -0.1) is 0 Å². The first-order valence-corrected chi connectivity index (χ1v) is 13.0. The van der Waals surface area contributed by atoms with E-state index < -0.39 is 0 Å². The summed E-state index contributed by atoms with van der Waals surface area (Å²) in [7, 11) is 2.36. The van der Waals surface area contributed by atoms with Crippen LogP contribution in [-0.4, -0.2) is 28.0 Å². The lowest BCUT2D eigenvalue weighted by molar-refractivity contribution is -0.916. The number of carbonyl (C=O) groups excluding carboxylic acids is 1. The van der Waals surface area contributed by atoms with Crippen LogP contribution in [0.5, 0.6) is 0 Å². The van der Waals surface area contributed by atoms with Gasteiger partial charge in [-0.2, -0.15) is 0 Å². The summed E-state index contributed by atoms with van der Waals surface area (Å²) in [4.78, 5) is 13.0. The Morgan fingerprint density at radius 1 is 1.00 bits per heavy atom. The Morgan fingerprint density at radius 3 is 2.47 bits per heavy atom. The van der Waals surface area contributed by atoms with Crippen molar-refractivity contribution < 1.29 is 33.3 Å². The van der Waals surface area contributed by atoms with Crippen LogP contribution in [0, 0.1) is 0 Å². The van der Waals surface area contributed by atoms with Crippen LogP contribution in [0.3, 0.4) is 0 Å². The van der Waals surface area contributed by atoms with E-state index in [0.29, 0.717) is 4.05 Å². The van der Waals surface area contributed by atoms with Crippen molar-refractivity contribution in [1.29, 1.82) is 0 Å². The van der Waals surface area contributed by atoms with Gasteiger partial charge in [-0.25, -0.2) is 0 Å². The highest BCUT2D eigenvalue weighted by atomic mass is 127. The Morgan fingerprint density at radius 2 is 1.76 bits per heavy atom. The Kier molecular flexibility index (Phi) is 8.15. The van der Waals surface area contributed by atoms with E-state index in [1.165, 1.54) is 41.6 Å². The van der Waals surface area contributed by atoms with Crippen molar-refractivity contribution in [3.63, 3.8) is 0 Å². The molecule has 1 aliphatic heterocycles. The molecular formula is C29H30I2N2O. The van der Waals surface area contributed by atoms with Crippen LogP contribution >= 0.6 is 22.6 Å². The number of anilines is 1. The van der Waals surface area contributed by atoms with Gasteiger partial charge in [0.15, 0.2) is 0 Å². The quantitative estimate of drug-likeness (QED) is 0.190. The van der Waals surface area contributed by atoms with Crippen molar-refractivity contribution in [1.82, 2.24) is 0 Å². The number of aryl methyl sites for hydroxylation is 1. The van der Waals surface area contributed by atoms with E-state index in [1.807, 2.05) is 18.2 Å². The topological polar surface area (TPSA) is 29.1 Å². The molecule has 1 fully saturated rings. The van der Waals surface area contributed by atoms with E-state index in [1.54, 1.807) is 0 Å². The molecule has 2 atom stereocenters. The molecule has 3 aromatic rings. The molecule has 1 aliphatic carbocycles. The van der Waals surface area contributed by atoms with Gasteiger partial charge >= 0.3 is 0 Å². The average molecular weight is 676 g/mol. The van der Waals surface area contributed by atoms with E-state index in [2.05, 4.69) is 95.6 Å². The molecule has 0 saturated carbocycles. The first kappa shape index (κ1) is 25.4. The van der Waals surface area contributed by atoms with Gasteiger partial charge in [0.05, 0.1) is 13.6 Å². The van der Waals surface area contributed by atoms with Crippen LogP contribution in [0.1, 0.15) is 36.0 Å². The van der Waals surface area contributed by atoms with Crippen LogP contribution in [0.15, 0.2) is 78.4 Å². The molecule has 3 nitrogen and oxygen atoms in total. The lowest BCUT2D eigenvalue weighted by atomic mass is 9.89. The van der Waals surface area contributed by atoms with E-state index in [4.69, 9.17) is 0 Å². The number of nitrogens with zero attached hydrogens (tertiary/aromatic N) is 1. The van der Waals surface area contributed by atoms with E-state index >= 15 is 0 Å². The van der Waals surface area contributed by atoms with Crippen molar-refractivity contribution in [3.05, 3.63) is 95.1 Å². The molecule has 1 amide bonds. The second-order valence-electron chi connectivity index (χ2n) is 9.54. The molecule has 0 aromatic heterocycles. The van der Waals surface area contributed by atoms with Gasteiger partial charge in [0.2, 0.25) is 0 Å². The number of alkyl halides is 1. The average Bonchev–Trinajstić information content (AvgIpc) is 3.17. The number of likely N-dealkylation sites (tertiary alicyclic amines) is 1. The lowest BCUT2D eigenvalue weighted by Crippen LogP contribution is -3.00. The highest BCUT2D eigenvalue weighted by Gasteiger charge is 2.35. The van der Waals surface area contributed by atoms with Gasteiger partial charge in [-0.05, 0) is 82.0 Å². The number of fused-ring (bicyclic) bond motifs is 1. The fraction of sp³-hybridized carbons (Fsp3) is 0.276. The summed E-state index contributed by atoms with van der Waals surface area (Å²) in [6, 6.07) is 25.4. The molecule has 1 heterocycles. The minimum absolute atomic E-state index is 0. The Bertz CT molecular complexity index is 1190. The molecule has 176 valence electrons. The zero-order valence-electron chi connectivity index (χ0n) is 19.4. The van der Waals surface area contributed by atoms with Crippen LogP contribution in [0.25, 0.3) is 17.2 Å². The molecule has 0 radical (unpaired) electrons. The van der Waals surface area contributed by atoms with Gasteiger partial charge in [0, 0.05) is 29.7 Å². The standard InChI is InChI=1S/C29H29IN2O.HI/c1-32(17-5-8-28(32)30)20-21-9-15-27(16-10-21)31-29(33)25-14-12-23-11-13-24(18-26(23)19-25)22-6-3-2-4-7-22;/h2-4,6-7,9-11,13,15-16,18-19,28H,5,8,12,14,17,20H2,1H3;1H. The van der Waals surface area contributed by atoms with Crippen LogP contribution < -0.4 is 29.3 Å². The minimum atomic E-state index is 0. The summed E-state index contributed by atoms with van der Waals surface area (Å²) >= 11 is 2.60. The third kappa shape index (κ3) is 5.57. The number of nitrogens with one attached hydrogen (secondary N) is 1. The lowest BCUT2D eigenvalue weighted by Gasteiger charge is -2.33. The van der Waals surface area contributed by atoms with Gasteiger partial charge < -0.3 is 33.8 Å². The normalized spacial score (nSPS) is 21.2. The fourth-order valence-electron chi connectivity index (χ4n) is 5.05. The Hall–Kier alpha value is -1.71. The summed E-state index contributed by atoms with van der Waals surface area (Å²) in [5.74, 6) is 0.00405. The number of hydrogen-bond acceptors (Lipinski definition) is 1. The third-order valence-electron chi connectivity index (χ3n) is 7.08. The summed E-state index contributed by atoms with van der Waals surface area (Å²) in [6.07, 6.45) is 6.35. The smallest absolute Gasteiger partial charge is 0.251 e. The second kappa shape index (κ2) is 10.9. The zero-order valence-corrected chi connectivity index (χ0v) is 23.8. The summed E-state index contributed by atoms with van der Waals surface area (Å²) in [6.45, 7) is 2.29. The molecule has 2 aliphatic rings. The highest BCUT2D eigenvalue weighted by molar-refractivity contribution is 14.1. The largest absolute Gasteiger partial charge is 1.00 e. The first-order valence-electron chi connectivity index (χ1n) is 11.8. The van der Waals surface area contributed by atoms with Gasteiger partial charge in [0.1, 0.15) is 10.6 Å². The number of rotatable bonds is 5. The summed E-state index contributed by atoms with van der Waals surface area (Å²) in [5, 5.41) is 3.11. The van der Waals surface area contributed by atoms with Crippen molar-refractivity contribution in [2.24, 2.45) is 0 Å². The molecule has 1 N–H and O–H groups in total. The van der Waals surface area contributed by atoms with E-state index in [0.717, 1.165) is 40.7 Å². The number of halogens is 2. The van der Waals surface area contributed by atoms with Crippen molar-refractivity contribution in [3.8, 4) is 11.1 Å². The predicted molar refractivity (Wildman–Crippen MR) is 145 cm³/mol. The summed E-state index contributed by atoms with van der Waals surface area (Å²) < 4.78 is 1.79. The Balaban J connectivity index is 0.00000274. The van der Waals surface area contributed by atoms with Crippen LogP contribution in [0.2, 0.25) is 0 Å². The van der Waals surface area contributed by atoms with E-state index in [-0.39, 0.29) is 29.9 Å². The molecule has 5 rings (SSSR count). The third-order valence-corrected chi connectivity index (χ3v) is 9.05. The van der Waals surface area contributed by atoms with Crippen molar-refractivity contribution >= 4 is 40.3 Å². The van der Waals surface area contributed by atoms with Crippen LogP contribution in [0.4, 0.5) is 5.69 Å². The van der Waals surface area contributed by atoms with Crippen molar-refractivity contribution in [2.75, 3.05) is 18.9 Å². The van der Waals surface area contributed by atoms with Gasteiger partial charge in [-0.3, -0.25) is 4.79 Å². The minimum Gasteiger partial charge on any atom is -1.00 e. The SMILES string of the molecule is C[N+]1(Cc2ccc(NC(=O)C3=Cc4cc(-c5ccccc5)ccc4CC3)cc2)CCCC1I.[I-]. The fourth-order valence-corrected chi connectivity index (χ4v) is 5.96. The molecular weight excluding hydrogens is 646 g/mol. The molecule has 34 heavy (non-hydrogen) atoms. The Labute approximate surface area is 233 Å². The summed E-state index contributed by atoms with van der Waals surface area (Å²) in [5.41, 5.74) is 7.89. The number of quaternary nitrogens is 1.